The van der Waals surface area contributed by atoms with Crippen LogP contribution in [0.1, 0.15) is 33.6 Å². The predicted octanol–water partition coefficient (Wildman–Crippen LogP) is 4.34. The van der Waals surface area contributed by atoms with Gasteiger partial charge in [0.25, 0.3) is 5.91 Å². The summed E-state index contributed by atoms with van der Waals surface area (Å²) < 4.78 is 4.00. The molecule has 1 unspecified atom stereocenters. The molecular weight excluding hydrogens is 524 g/mol. The van der Waals surface area contributed by atoms with Gasteiger partial charge in [-0.1, -0.05) is 68.5 Å². The predicted molar refractivity (Wildman–Crippen MR) is 157 cm³/mol. The monoisotopic (exact) mass is 560 g/mol. The molecule has 2 saturated heterocycles. The van der Waals surface area contributed by atoms with E-state index in [1.807, 2.05) is 81.5 Å². The van der Waals surface area contributed by atoms with Gasteiger partial charge in [-0.25, -0.2) is 0 Å². The van der Waals surface area contributed by atoms with Gasteiger partial charge in [0.2, 0.25) is 5.91 Å². The van der Waals surface area contributed by atoms with Gasteiger partial charge in [0, 0.05) is 17.0 Å². The first-order chi connectivity index (χ1) is 19.2. The van der Waals surface area contributed by atoms with Crippen molar-refractivity contribution in [3.8, 4) is 0 Å². The van der Waals surface area contributed by atoms with Crippen LogP contribution in [0.25, 0.3) is 10.8 Å². The molecule has 4 aliphatic rings. The molecule has 1 spiro atoms. The zero-order valence-electron chi connectivity index (χ0n) is 23.2. The molecule has 6 atom stereocenters. The van der Waals surface area contributed by atoms with E-state index in [1.54, 1.807) is 9.80 Å². The van der Waals surface area contributed by atoms with Crippen LogP contribution in [0, 0.1) is 17.8 Å². The van der Waals surface area contributed by atoms with E-state index < -0.39 is 33.4 Å². The van der Waals surface area contributed by atoms with E-state index in [0.29, 0.717) is 13.2 Å². The van der Waals surface area contributed by atoms with Crippen molar-refractivity contribution < 1.29 is 24.2 Å². The largest absolute Gasteiger partial charge is 0.465 e. The van der Waals surface area contributed by atoms with E-state index in [2.05, 4.69) is 6.08 Å². The first-order valence-corrected chi connectivity index (χ1v) is 15.0. The van der Waals surface area contributed by atoms with Gasteiger partial charge >= 0.3 is 5.97 Å². The molecule has 210 valence electrons. The molecule has 7 nitrogen and oxygen atoms in total. The molecule has 1 N–H and O–H groups in total. The first-order valence-electron chi connectivity index (χ1n) is 14.2. The van der Waals surface area contributed by atoms with Crippen molar-refractivity contribution in [2.24, 2.45) is 17.8 Å². The number of likely N-dealkylation sites (tertiary alicyclic amines) is 1. The summed E-state index contributed by atoms with van der Waals surface area (Å²) in [6, 6.07) is 12.5. The average Bonchev–Trinajstić information content (AvgIpc) is 3.28. The number of carbonyl (C=O) groups is 3. The summed E-state index contributed by atoms with van der Waals surface area (Å²) in [5.74, 6) is -2.48. The molecule has 6 rings (SSSR count). The van der Waals surface area contributed by atoms with Crippen LogP contribution in [0.3, 0.4) is 0 Å². The van der Waals surface area contributed by atoms with Crippen molar-refractivity contribution in [2.75, 3.05) is 24.7 Å². The molecule has 8 heteroatoms. The second-order valence-electron chi connectivity index (χ2n) is 11.8. The van der Waals surface area contributed by atoms with E-state index in [4.69, 9.17) is 4.74 Å². The number of rotatable bonds is 4. The number of esters is 1. The molecule has 40 heavy (non-hydrogen) atoms. The number of allylic oxidation sites excluding steroid dienone is 1. The van der Waals surface area contributed by atoms with Crippen molar-refractivity contribution in [3.63, 3.8) is 0 Å². The number of carbonyl (C=O) groups excluding carboxylic acids is 3. The Morgan fingerprint density at radius 3 is 2.55 bits per heavy atom. The third kappa shape index (κ3) is 4.02. The Morgan fingerprint density at radius 1 is 1.02 bits per heavy atom. The minimum atomic E-state index is -0.982. The number of amides is 2. The van der Waals surface area contributed by atoms with E-state index >= 15 is 0 Å². The van der Waals surface area contributed by atoms with Gasteiger partial charge in [-0.15, -0.1) is 11.8 Å². The summed E-state index contributed by atoms with van der Waals surface area (Å²) in [4.78, 5) is 46.2. The topological polar surface area (TPSA) is 87.2 Å². The molecule has 2 aromatic rings. The highest BCUT2D eigenvalue weighted by atomic mass is 32.2. The summed E-state index contributed by atoms with van der Waals surface area (Å²) in [7, 11) is 0. The summed E-state index contributed by atoms with van der Waals surface area (Å²) in [5, 5.41) is 12.6. The van der Waals surface area contributed by atoms with Crippen LogP contribution in [0.15, 0.2) is 66.8 Å². The fourth-order valence-electron chi connectivity index (χ4n) is 7.13. The van der Waals surface area contributed by atoms with E-state index in [0.717, 1.165) is 29.3 Å². The number of nitrogens with zero attached hydrogens (tertiary/aromatic N) is 2. The normalized spacial score (nSPS) is 33.5. The molecule has 0 radical (unpaired) electrons. The number of hydrogen-bond acceptors (Lipinski definition) is 6. The Bertz CT molecular complexity index is 1420. The van der Waals surface area contributed by atoms with Gasteiger partial charge in [0.15, 0.2) is 0 Å². The second kappa shape index (κ2) is 10.1. The van der Waals surface area contributed by atoms with Gasteiger partial charge in [0.05, 0.1) is 35.8 Å². The Balaban J connectivity index is 1.51. The minimum absolute atomic E-state index is 0.0947. The lowest BCUT2D eigenvalue weighted by Gasteiger charge is -2.41. The highest BCUT2D eigenvalue weighted by molar-refractivity contribution is 8.02. The van der Waals surface area contributed by atoms with Crippen molar-refractivity contribution in [1.29, 1.82) is 0 Å². The zero-order valence-corrected chi connectivity index (χ0v) is 24.0. The summed E-state index contributed by atoms with van der Waals surface area (Å²) in [6.45, 7) is 6.26. The molecule has 4 heterocycles. The number of ether oxygens (including phenoxy) is 1. The van der Waals surface area contributed by atoms with Crippen molar-refractivity contribution in [3.05, 3.63) is 66.8 Å². The number of cyclic esters (lactones) is 1. The standard InChI is InChI=1S/C32H36N2O5S/c1-20(2)24(19-35)34-27-29(37)33(23-13-12-21-10-5-6-11-22(21)18-23)16-9-15-32(27)25(28(34)36)26-30(38)39-17-8-4-7-14-31(26,3)40-32/h5-7,9-15,18,20,24-27,35H,4,8,16-17,19H2,1-3H3/b14-7-/t24-,25-,26-,27?,31+,32-/m0/s1. The van der Waals surface area contributed by atoms with Crippen molar-refractivity contribution >= 4 is 46.0 Å². The Morgan fingerprint density at radius 2 is 1.80 bits per heavy atom. The summed E-state index contributed by atoms with van der Waals surface area (Å²) in [6.07, 6.45) is 9.60. The van der Waals surface area contributed by atoms with Crippen LogP contribution in [0.2, 0.25) is 0 Å². The Hall–Kier alpha value is -3.10. The fraction of sp³-hybridized carbons (Fsp3) is 0.469. The van der Waals surface area contributed by atoms with Gasteiger partial charge in [0.1, 0.15) is 6.04 Å². The maximum absolute atomic E-state index is 14.7. The fourth-order valence-corrected chi connectivity index (χ4v) is 9.27. The minimum Gasteiger partial charge on any atom is -0.465 e. The van der Waals surface area contributed by atoms with Crippen molar-refractivity contribution in [1.82, 2.24) is 4.90 Å². The molecule has 0 saturated carbocycles. The van der Waals surface area contributed by atoms with Crippen LogP contribution in [0.5, 0.6) is 0 Å². The molecule has 2 fully saturated rings. The third-order valence-electron chi connectivity index (χ3n) is 9.05. The van der Waals surface area contributed by atoms with Gasteiger partial charge < -0.3 is 19.6 Å². The molecule has 0 bridgehead atoms. The molecule has 2 aromatic carbocycles. The number of benzene rings is 2. The molecular formula is C32H36N2O5S. The van der Waals surface area contributed by atoms with Gasteiger partial charge in [-0.3, -0.25) is 14.4 Å². The van der Waals surface area contributed by atoms with E-state index in [9.17, 15) is 19.5 Å². The summed E-state index contributed by atoms with van der Waals surface area (Å²) in [5.41, 5.74) is 0.752. The Labute approximate surface area is 239 Å². The molecule has 0 aliphatic carbocycles. The first kappa shape index (κ1) is 27.1. The van der Waals surface area contributed by atoms with Crippen LogP contribution < -0.4 is 4.90 Å². The number of aliphatic hydroxyl groups excluding tert-OH is 1. The average molecular weight is 561 g/mol. The van der Waals surface area contributed by atoms with Crippen LogP contribution in [0.4, 0.5) is 5.69 Å². The molecule has 0 aromatic heterocycles. The lowest BCUT2D eigenvalue weighted by molar-refractivity contribution is -0.154. The van der Waals surface area contributed by atoms with Crippen LogP contribution >= 0.6 is 11.8 Å². The maximum atomic E-state index is 14.7. The maximum Gasteiger partial charge on any atom is 0.311 e. The highest BCUT2D eigenvalue weighted by Crippen LogP contribution is 2.65. The van der Waals surface area contributed by atoms with Crippen molar-refractivity contribution in [2.45, 2.75) is 55.2 Å². The molecule has 2 amide bonds. The lowest BCUT2D eigenvalue weighted by atomic mass is 9.74. The number of thioether (sulfide) groups is 1. The van der Waals surface area contributed by atoms with E-state index in [-0.39, 0.29) is 30.3 Å². The van der Waals surface area contributed by atoms with E-state index in [1.165, 1.54) is 11.8 Å². The smallest absolute Gasteiger partial charge is 0.311 e. The Kier molecular flexibility index (Phi) is 6.82. The number of hydrogen-bond donors (Lipinski definition) is 1. The number of fused-ring (bicyclic) bond motifs is 3. The van der Waals surface area contributed by atoms with Gasteiger partial charge in [-0.2, -0.15) is 0 Å². The molecule has 4 aliphatic heterocycles. The highest BCUT2D eigenvalue weighted by Gasteiger charge is 2.74. The summed E-state index contributed by atoms with van der Waals surface area (Å²) >= 11 is 1.53. The van der Waals surface area contributed by atoms with Crippen LogP contribution in [-0.4, -0.2) is 69.1 Å². The number of anilines is 1. The van der Waals surface area contributed by atoms with Crippen LogP contribution in [-0.2, 0) is 19.1 Å². The second-order valence-corrected chi connectivity index (χ2v) is 13.6. The lowest BCUT2D eigenvalue weighted by Crippen LogP contribution is -2.58. The van der Waals surface area contributed by atoms with Gasteiger partial charge in [-0.05, 0) is 48.6 Å². The number of aliphatic hydroxyl groups is 1. The third-order valence-corrected chi connectivity index (χ3v) is 10.8. The SMILES string of the molecule is CC(C)[C@H](CO)N1C(=O)[C@@H]2[C@H]3C(=O)OCCC/C=C\[C@@]3(C)S[C@@]23C=CCN(c2ccc4ccccc4c2)C(=O)C13. The zero-order chi connectivity index (χ0) is 28.2. The quantitative estimate of drug-likeness (QED) is 0.442.